The van der Waals surface area contributed by atoms with Crippen LogP contribution in [0.15, 0.2) is 24.3 Å². The van der Waals surface area contributed by atoms with E-state index in [0.717, 1.165) is 5.56 Å². The van der Waals surface area contributed by atoms with Crippen molar-refractivity contribution in [1.29, 1.82) is 0 Å². The fraction of sp³-hybridized carbons (Fsp3) is 0.529. The number of hydrogen-bond donors (Lipinski definition) is 1. The average molecular weight is 325 g/mol. The van der Waals surface area contributed by atoms with Gasteiger partial charge < -0.3 is 10.0 Å². The van der Waals surface area contributed by atoms with Crippen molar-refractivity contribution in [3.05, 3.63) is 35.4 Å². The minimum Gasteiger partial charge on any atom is -0.478 e. The van der Waals surface area contributed by atoms with Gasteiger partial charge in [0.2, 0.25) is 11.8 Å². The largest absolute Gasteiger partial charge is 0.478 e. The van der Waals surface area contributed by atoms with Crippen LogP contribution in [0.5, 0.6) is 0 Å². The molecule has 0 heterocycles. The van der Waals surface area contributed by atoms with Crippen molar-refractivity contribution in [2.24, 2.45) is 5.92 Å². The molecule has 1 aliphatic rings. The Labute approximate surface area is 134 Å². The van der Waals surface area contributed by atoms with Gasteiger partial charge in [-0.1, -0.05) is 12.1 Å². The average Bonchev–Trinajstić information content (AvgIpc) is 2.67. The molecule has 0 radical (unpaired) electrons. The number of amides is 1. The van der Waals surface area contributed by atoms with E-state index in [1.165, 1.54) is 17.0 Å². The Kier molecular flexibility index (Phi) is 5.34. The molecule has 1 atom stereocenters. The van der Waals surface area contributed by atoms with Crippen LogP contribution in [0, 0.1) is 5.92 Å². The molecule has 1 aromatic carbocycles. The Morgan fingerprint density at radius 3 is 2.48 bits per heavy atom. The molecule has 1 aliphatic carbocycles. The molecule has 1 N–H and O–H groups in total. The number of alkyl halides is 2. The molecule has 0 aromatic heterocycles. The molecular formula is C17H21F2NO3. The number of carboxylic acids is 1. The van der Waals surface area contributed by atoms with E-state index in [2.05, 4.69) is 0 Å². The molecule has 4 nitrogen and oxygen atoms in total. The van der Waals surface area contributed by atoms with E-state index in [9.17, 15) is 18.4 Å². The third-order valence-corrected chi connectivity index (χ3v) is 4.30. The number of rotatable bonds is 4. The number of hydrogen-bond acceptors (Lipinski definition) is 2. The molecule has 0 aliphatic heterocycles. The maximum atomic E-state index is 13.4. The van der Waals surface area contributed by atoms with E-state index < -0.39 is 11.9 Å². The summed E-state index contributed by atoms with van der Waals surface area (Å²) in [5.41, 5.74) is 0.999. The molecule has 23 heavy (non-hydrogen) atoms. The van der Waals surface area contributed by atoms with E-state index in [-0.39, 0.29) is 36.7 Å². The number of carbonyl (C=O) groups excluding carboxylic acids is 1. The molecule has 1 aromatic rings. The minimum atomic E-state index is -2.65. The number of halogens is 2. The van der Waals surface area contributed by atoms with Crippen molar-refractivity contribution in [1.82, 2.24) is 4.90 Å². The highest BCUT2D eigenvalue weighted by Gasteiger charge is 2.35. The van der Waals surface area contributed by atoms with Crippen molar-refractivity contribution < 1.29 is 23.5 Å². The Morgan fingerprint density at radius 1 is 1.22 bits per heavy atom. The fourth-order valence-electron chi connectivity index (χ4n) is 2.92. The van der Waals surface area contributed by atoms with Crippen LogP contribution in [0.2, 0.25) is 0 Å². The summed E-state index contributed by atoms with van der Waals surface area (Å²) in [6.07, 6.45) is 0.705. The van der Waals surface area contributed by atoms with Gasteiger partial charge in [0.1, 0.15) is 0 Å². The normalized spacial score (nSPS) is 20.6. The molecule has 1 amide bonds. The van der Waals surface area contributed by atoms with Crippen molar-refractivity contribution >= 4 is 11.9 Å². The minimum absolute atomic E-state index is 0.120. The highest BCUT2D eigenvalue weighted by Crippen LogP contribution is 2.35. The van der Waals surface area contributed by atoms with E-state index in [0.29, 0.717) is 19.4 Å². The summed E-state index contributed by atoms with van der Waals surface area (Å²) in [4.78, 5) is 24.8. The van der Waals surface area contributed by atoms with Crippen LogP contribution >= 0.6 is 0 Å². The molecule has 1 saturated carbocycles. The zero-order valence-corrected chi connectivity index (χ0v) is 13.1. The van der Waals surface area contributed by atoms with Crippen molar-refractivity contribution in [3.8, 4) is 0 Å². The van der Waals surface area contributed by atoms with Crippen molar-refractivity contribution in [2.45, 2.75) is 44.6 Å². The number of carboxylic acid groups (broad SMARTS) is 1. The first-order chi connectivity index (χ1) is 10.8. The van der Waals surface area contributed by atoms with Gasteiger partial charge in [-0.15, -0.1) is 0 Å². The van der Waals surface area contributed by atoms with Gasteiger partial charge in [-0.3, -0.25) is 4.79 Å². The van der Waals surface area contributed by atoms with Crippen LogP contribution < -0.4 is 0 Å². The fourth-order valence-corrected chi connectivity index (χ4v) is 2.92. The monoisotopic (exact) mass is 325 g/mol. The predicted molar refractivity (Wildman–Crippen MR) is 81.4 cm³/mol. The SMILES string of the molecule is CN(Cc1ccc(C(=O)O)cc1)C(=O)C1CCCC(F)(F)CC1. The van der Waals surface area contributed by atoms with E-state index >= 15 is 0 Å². The van der Waals surface area contributed by atoms with Gasteiger partial charge in [-0.05, 0) is 37.0 Å². The van der Waals surface area contributed by atoms with Gasteiger partial charge in [-0.2, -0.15) is 0 Å². The quantitative estimate of drug-likeness (QED) is 0.861. The number of aromatic carboxylic acids is 1. The molecule has 0 saturated heterocycles. The summed E-state index contributed by atoms with van der Waals surface area (Å²) in [6, 6.07) is 6.30. The van der Waals surface area contributed by atoms with Crippen LogP contribution in [0.4, 0.5) is 8.78 Å². The first-order valence-corrected chi connectivity index (χ1v) is 7.73. The maximum Gasteiger partial charge on any atom is 0.335 e. The van der Waals surface area contributed by atoms with Gasteiger partial charge >= 0.3 is 5.97 Å². The first-order valence-electron chi connectivity index (χ1n) is 7.73. The third kappa shape index (κ3) is 4.74. The summed E-state index contributed by atoms with van der Waals surface area (Å²) < 4.78 is 26.8. The van der Waals surface area contributed by atoms with Gasteiger partial charge in [0.25, 0.3) is 0 Å². The highest BCUT2D eigenvalue weighted by atomic mass is 19.3. The lowest BCUT2D eigenvalue weighted by molar-refractivity contribution is -0.135. The van der Waals surface area contributed by atoms with Gasteiger partial charge in [0.15, 0.2) is 0 Å². The number of carbonyl (C=O) groups is 2. The Balaban J connectivity index is 1.95. The summed E-state index contributed by atoms with van der Waals surface area (Å²) in [5.74, 6) is -4.13. The standard InChI is InChI=1S/C17H21F2NO3/c1-20(11-12-4-6-14(7-5-12)16(22)23)15(21)13-3-2-9-17(18,19)10-8-13/h4-7,13H,2-3,8-11H2,1H3,(H,22,23). The van der Waals surface area contributed by atoms with Gasteiger partial charge in [0, 0.05) is 32.4 Å². The molecule has 126 valence electrons. The summed E-state index contributed by atoms with van der Waals surface area (Å²) in [5, 5.41) is 8.86. The number of nitrogens with zero attached hydrogens (tertiary/aromatic N) is 1. The molecule has 1 fully saturated rings. The van der Waals surface area contributed by atoms with Gasteiger partial charge in [0.05, 0.1) is 5.56 Å². The molecule has 0 spiro atoms. The van der Waals surface area contributed by atoms with Crippen LogP contribution in [0.3, 0.4) is 0 Å². The molecule has 0 bridgehead atoms. The predicted octanol–water partition coefficient (Wildman–Crippen LogP) is 3.56. The Hall–Kier alpha value is -1.98. The Bertz CT molecular complexity index is 572. The van der Waals surface area contributed by atoms with Crippen molar-refractivity contribution in [3.63, 3.8) is 0 Å². The lowest BCUT2D eigenvalue weighted by atomic mass is 9.98. The zero-order chi connectivity index (χ0) is 17.0. The van der Waals surface area contributed by atoms with Crippen LogP contribution in [0.25, 0.3) is 0 Å². The second-order valence-electron chi connectivity index (χ2n) is 6.18. The van der Waals surface area contributed by atoms with Crippen LogP contribution in [-0.2, 0) is 11.3 Å². The summed E-state index contributed by atoms with van der Waals surface area (Å²) >= 11 is 0. The summed E-state index contributed by atoms with van der Waals surface area (Å²) in [6.45, 7) is 0.339. The van der Waals surface area contributed by atoms with Crippen LogP contribution in [-0.4, -0.2) is 34.9 Å². The van der Waals surface area contributed by atoms with Crippen LogP contribution in [0.1, 0.15) is 48.0 Å². The third-order valence-electron chi connectivity index (χ3n) is 4.30. The number of benzene rings is 1. The second-order valence-corrected chi connectivity index (χ2v) is 6.18. The molecule has 1 unspecified atom stereocenters. The van der Waals surface area contributed by atoms with E-state index in [1.807, 2.05) is 0 Å². The lowest BCUT2D eigenvalue weighted by Gasteiger charge is -2.23. The lowest BCUT2D eigenvalue weighted by Crippen LogP contribution is -2.32. The smallest absolute Gasteiger partial charge is 0.335 e. The Morgan fingerprint density at radius 2 is 1.87 bits per heavy atom. The van der Waals surface area contributed by atoms with E-state index in [1.54, 1.807) is 19.2 Å². The van der Waals surface area contributed by atoms with E-state index in [4.69, 9.17) is 5.11 Å². The maximum absolute atomic E-state index is 13.4. The second kappa shape index (κ2) is 7.06. The topological polar surface area (TPSA) is 57.6 Å². The molecular weight excluding hydrogens is 304 g/mol. The highest BCUT2D eigenvalue weighted by molar-refractivity contribution is 5.87. The van der Waals surface area contributed by atoms with Gasteiger partial charge in [-0.25, -0.2) is 13.6 Å². The zero-order valence-electron chi connectivity index (χ0n) is 13.1. The molecule has 6 heteroatoms. The summed E-state index contributed by atoms with van der Waals surface area (Å²) in [7, 11) is 1.65. The van der Waals surface area contributed by atoms with Crippen molar-refractivity contribution in [2.75, 3.05) is 7.05 Å². The molecule has 2 rings (SSSR count). The first kappa shape index (κ1) is 17.4.